The van der Waals surface area contributed by atoms with Crippen LogP contribution in [0.4, 0.5) is 11.6 Å². The van der Waals surface area contributed by atoms with Gasteiger partial charge in [-0.25, -0.2) is 9.97 Å². The predicted molar refractivity (Wildman–Crippen MR) is 113 cm³/mol. The number of carbonyl (C=O) groups is 1. The minimum atomic E-state index is -0.323. The number of aromatic nitrogens is 2. The molecule has 2 aromatic carbocycles. The van der Waals surface area contributed by atoms with Gasteiger partial charge in [-0.2, -0.15) is 0 Å². The topological polar surface area (TPSA) is 94.6 Å². The Morgan fingerprint density at radius 1 is 1.20 bits per heavy atom. The smallest absolute Gasteiger partial charge is 0.259 e. The molecule has 2 N–H and O–H groups in total. The fraction of sp³-hybridized carbons (Fsp3) is 0.190. The monoisotopic (exact) mass is 426 g/mol. The van der Waals surface area contributed by atoms with Crippen LogP contribution in [0.25, 0.3) is 0 Å². The van der Waals surface area contributed by atoms with E-state index >= 15 is 0 Å². The molecule has 2 heterocycles. The average molecular weight is 427 g/mol. The van der Waals surface area contributed by atoms with Gasteiger partial charge in [0, 0.05) is 18.4 Å². The molecule has 0 saturated heterocycles. The van der Waals surface area contributed by atoms with Crippen molar-refractivity contribution in [3.05, 3.63) is 64.4 Å². The van der Waals surface area contributed by atoms with Crippen molar-refractivity contribution in [1.29, 1.82) is 0 Å². The first-order valence-corrected chi connectivity index (χ1v) is 9.52. The molecule has 8 nitrogen and oxygen atoms in total. The quantitative estimate of drug-likeness (QED) is 0.614. The molecule has 1 amide bonds. The molecule has 1 aromatic heterocycles. The SMILES string of the molecule is COc1ccc(NC(=O)c2cnc(NCc3ccc4c(c3)OCO4)nc2C)cc1Cl. The minimum absolute atomic E-state index is 0.237. The standard InChI is InChI=1S/C21H19ClN4O4/c1-12-15(20(27)26-14-4-6-17(28-2)16(22)8-14)10-24-21(25-12)23-9-13-3-5-18-19(7-13)30-11-29-18/h3-8,10H,9,11H2,1-2H3,(H,26,27)(H,23,24,25). The predicted octanol–water partition coefficient (Wildman–Crippen LogP) is 4.04. The molecule has 0 radical (unpaired) electrons. The van der Waals surface area contributed by atoms with Crippen molar-refractivity contribution in [2.45, 2.75) is 13.5 Å². The molecule has 1 aliphatic rings. The molecule has 0 spiro atoms. The lowest BCUT2D eigenvalue weighted by Crippen LogP contribution is -2.15. The van der Waals surface area contributed by atoms with Crippen molar-refractivity contribution < 1.29 is 19.0 Å². The Kier molecular flexibility index (Phi) is 5.58. The number of methoxy groups -OCH3 is 1. The molecule has 9 heteroatoms. The van der Waals surface area contributed by atoms with Crippen LogP contribution in [0.3, 0.4) is 0 Å². The first-order valence-electron chi connectivity index (χ1n) is 9.14. The van der Waals surface area contributed by atoms with Crippen LogP contribution in [-0.4, -0.2) is 29.8 Å². The Hall–Kier alpha value is -3.52. The molecule has 0 aliphatic carbocycles. The van der Waals surface area contributed by atoms with Gasteiger partial charge < -0.3 is 24.8 Å². The number of fused-ring (bicyclic) bond motifs is 1. The highest BCUT2D eigenvalue weighted by Gasteiger charge is 2.15. The number of hydrogen-bond acceptors (Lipinski definition) is 7. The van der Waals surface area contributed by atoms with Crippen LogP contribution in [0.2, 0.25) is 5.02 Å². The maximum Gasteiger partial charge on any atom is 0.259 e. The number of aryl methyl sites for hydroxylation is 1. The van der Waals surface area contributed by atoms with E-state index in [0.29, 0.717) is 40.2 Å². The summed E-state index contributed by atoms with van der Waals surface area (Å²) in [6.45, 7) is 2.50. The molecule has 1 aliphatic heterocycles. The van der Waals surface area contributed by atoms with Crippen LogP contribution in [0, 0.1) is 6.92 Å². The van der Waals surface area contributed by atoms with Crippen molar-refractivity contribution in [3.8, 4) is 17.2 Å². The largest absolute Gasteiger partial charge is 0.495 e. The number of amides is 1. The van der Waals surface area contributed by atoms with E-state index < -0.39 is 0 Å². The van der Waals surface area contributed by atoms with Gasteiger partial charge in [0.1, 0.15) is 5.75 Å². The Balaban J connectivity index is 1.41. The second kappa shape index (κ2) is 8.46. The van der Waals surface area contributed by atoms with Gasteiger partial charge in [-0.3, -0.25) is 4.79 Å². The fourth-order valence-electron chi connectivity index (χ4n) is 2.95. The van der Waals surface area contributed by atoms with Crippen molar-refractivity contribution in [2.75, 3.05) is 24.5 Å². The van der Waals surface area contributed by atoms with Crippen LogP contribution in [0.5, 0.6) is 17.2 Å². The van der Waals surface area contributed by atoms with E-state index in [-0.39, 0.29) is 12.7 Å². The third-order valence-corrected chi connectivity index (χ3v) is 4.82. The normalized spacial score (nSPS) is 11.8. The Labute approximate surface area is 178 Å². The summed E-state index contributed by atoms with van der Waals surface area (Å²) >= 11 is 6.10. The summed E-state index contributed by atoms with van der Waals surface area (Å²) in [6.07, 6.45) is 1.49. The highest BCUT2D eigenvalue weighted by molar-refractivity contribution is 6.32. The van der Waals surface area contributed by atoms with Gasteiger partial charge in [0.25, 0.3) is 5.91 Å². The number of ether oxygens (including phenoxy) is 3. The van der Waals surface area contributed by atoms with Crippen LogP contribution < -0.4 is 24.8 Å². The summed E-state index contributed by atoms with van der Waals surface area (Å²) < 4.78 is 15.8. The second-order valence-electron chi connectivity index (χ2n) is 6.54. The van der Waals surface area contributed by atoms with Crippen molar-refractivity contribution >= 4 is 29.1 Å². The van der Waals surface area contributed by atoms with E-state index in [1.807, 2.05) is 18.2 Å². The lowest BCUT2D eigenvalue weighted by molar-refractivity contribution is 0.102. The van der Waals surface area contributed by atoms with Gasteiger partial charge in [-0.05, 0) is 42.8 Å². The summed E-state index contributed by atoms with van der Waals surface area (Å²) in [4.78, 5) is 21.2. The molecule has 0 atom stereocenters. The summed E-state index contributed by atoms with van der Waals surface area (Å²) in [6, 6.07) is 10.7. The molecule has 4 rings (SSSR count). The van der Waals surface area contributed by atoms with Gasteiger partial charge >= 0.3 is 0 Å². The van der Waals surface area contributed by atoms with E-state index in [2.05, 4.69) is 20.6 Å². The number of anilines is 2. The van der Waals surface area contributed by atoms with Gasteiger partial charge in [0.2, 0.25) is 12.7 Å². The summed E-state index contributed by atoms with van der Waals surface area (Å²) in [5, 5.41) is 6.34. The third-order valence-electron chi connectivity index (χ3n) is 4.52. The van der Waals surface area contributed by atoms with E-state index in [4.69, 9.17) is 25.8 Å². The maximum atomic E-state index is 12.6. The zero-order chi connectivity index (χ0) is 21.1. The lowest BCUT2D eigenvalue weighted by Gasteiger charge is -2.11. The van der Waals surface area contributed by atoms with Gasteiger partial charge in [-0.15, -0.1) is 0 Å². The zero-order valence-electron chi connectivity index (χ0n) is 16.4. The van der Waals surface area contributed by atoms with E-state index in [1.165, 1.54) is 13.3 Å². The molecule has 3 aromatic rings. The van der Waals surface area contributed by atoms with Crippen molar-refractivity contribution in [2.24, 2.45) is 0 Å². The van der Waals surface area contributed by atoms with Gasteiger partial charge in [0.15, 0.2) is 11.5 Å². The molecule has 154 valence electrons. The number of hydrogen-bond donors (Lipinski definition) is 2. The molecule has 30 heavy (non-hydrogen) atoms. The Morgan fingerprint density at radius 3 is 2.80 bits per heavy atom. The van der Waals surface area contributed by atoms with Crippen molar-refractivity contribution in [1.82, 2.24) is 9.97 Å². The third kappa shape index (κ3) is 4.23. The first kappa shape index (κ1) is 19.8. The fourth-order valence-corrected chi connectivity index (χ4v) is 3.21. The van der Waals surface area contributed by atoms with Crippen LogP contribution in [0.1, 0.15) is 21.6 Å². The molecule has 0 unspecified atom stereocenters. The minimum Gasteiger partial charge on any atom is -0.495 e. The maximum absolute atomic E-state index is 12.6. The lowest BCUT2D eigenvalue weighted by atomic mass is 10.2. The highest BCUT2D eigenvalue weighted by atomic mass is 35.5. The summed E-state index contributed by atoms with van der Waals surface area (Å²) in [5.74, 6) is 2.09. The zero-order valence-corrected chi connectivity index (χ0v) is 17.1. The average Bonchev–Trinajstić information content (AvgIpc) is 3.20. The van der Waals surface area contributed by atoms with E-state index in [0.717, 1.165) is 17.1 Å². The number of carbonyl (C=O) groups excluding carboxylic acids is 1. The Bertz CT molecular complexity index is 1110. The number of benzene rings is 2. The van der Waals surface area contributed by atoms with Gasteiger partial charge in [-0.1, -0.05) is 17.7 Å². The van der Waals surface area contributed by atoms with Crippen LogP contribution in [-0.2, 0) is 6.54 Å². The number of rotatable bonds is 6. The summed E-state index contributed by atoms with van der Waals surface area (Å²) in [7, 11) is 1.53. The van der Waals surface area contributed by atoms with Crippen molar-refractivity contribution in [3.63, 3.8) is 0 Å². The van der Waals surface area contributed by atoms with E-state index in [9.17, 15) is 4.79 Å². The molecular weight excluding hydrogens is 408 g/mol. The van der Waals surface area contributed by atoms with Gasteiger partial charge in [0.05, 0.1) is 23.4 Å². The molecule has 0 fully saturated rings. The van der Waals surface area contributed by atoms with E-state index in [1.54, 1.807) is 25.1 Å². The molecular formula is C21H19ClN4O4. The highest BCUT2D eigenvalue weighted by Crippen LogP contribution is 2.32. The summed E-state index contributed by atoms with van der Waals surface area (Å²) in [5.41, 5.74) is 2.47. The number of nitrogens with one attached hydrogen (secondary N) is 2. The number of halogens is 1. The number of nitrogens with zero attached hydrogens (tertiary/aromatic N) is 2. The molecule has 0 bridgehead atoms. The first-order chi connectivity index (χ1) is 14.5. The van der Waals surface area contributed by atoms with Crippen LogP contribution in [0.15, 0.2) is 42.6 Å². The Morgan fingerprint density at radius 2 is 2.03 bits per heavy atom. The molecule has 0 saturated carbocycles. The van der Waals surface area contributed by atoms with Crippen LogP contribution >= 0.6 is 11.6 Å². The second-order valence-corrected chi connectivity index (χ2v) is 6.94.